The average Bonchev–Trinajstić information content (AvgIpc) is 2.65. The number of ether oxygens (including phenoxy) is 2. The van der Waals surface area contributed by atoms with Gasteiger partial charge in [0.15, 0.2) is 0 Å². The van der Waals surface area contributed by atoms with Crippen LogP contribution in [0.1, 0.15) is 19.4 Å². The van der Waals surface area contributed by atoms with Gasteiger partial charge in [-0.2, -0.15) is 4.72 Å². The molecule has 0 bridgehead atoms. The van der Waals surface area contributed by atoms with Crippen LogP contribution >= 0.6 is 0 Å². The first-order valence-corrected chi connectivity index (χ1v) is 10.2. The Balaban J connectivity index is 1.90. The molecule has 0 spiro atoms. The summed E-state index contributed by atoms with van der Waals surface area (Å²) in [4.78, 5) is 12.4. The maximum Gasteiger partial charge on any atom is 0.324 e. The average molecular weight is 391 g/mol. The van der Waals surface area contributed by atoms with Crippen molar-refractivity contribution >= 4 is 16.0 Å². The van der Waals surface area contributed by atoms with E-state index in [1.165, 1.54) is 12.1 Å². The molecule has 0 unspecified atom stereocenters. The van der Waals surface area contributed by atoms with E-state index in [1.54, 1.807) is 32.0 Å². The summed E-state index contributed by atoms with van der Waals surface area (Å²) in [6, 6.07) is 14.5. The summed E-state index contributed by atoms with van der Waals surface area (Å²) in [5.74, 6) is -0.215. The molecule has 2 aromatic rings. The van der Waals surface area contributed by atoms with Gasteiger partial charge < -0.3 is 9.47 Å². The zero-order valence-electron chi connectivity index (χ0n) is 15.7. The van der Waals surface area contributed by atoms with E-state index < -0.39 is 22.0 Å². The van der Waals surface area contributed by atoms with E-state index in [-0.39, 0.29) is 24.0 Å². The molecule has 7 heteroatoms. The Morgan fingerprint density at radius 1 is 1.00 bits per heavy atom. The second-order valence-electron chi connectivity index (χ2n) is 6.49. The minimum Gasteiger partial charge on any atom is -0.490 e. The van der Waals surface area contributed by atoms with E-state index in [1.807, 2.05) is 31.2 Å². The summed E-state index contributed by atoms with van der Waals surface area (Å²) < 4.78 is 38.0. The largest absolute Gasteiger partial charge is 0.490 e. The minimum atomic E-state index is -3.81. The van der Waals surface area contributed by atoms with Crippen molar-refractivity contribution in [2.75, 3.05) is 13.2 Å². The first kappa shape index (κ1) is 20.9. The van der Waals surface area contributed by atoms with Crippen molar-refractivity contribution in [3.63, 3.8) is 0 Å². The van der Waals surface area contributed by atoms with Crippen LogP contribution in [0.4, 0.5) is 0 Å². The lowest BCUT2D eigenvalue weighted by Gasteiger charge is -2.21. The normalized spacial score (nSPS) is 12.6. The second-order valence-corrected chi connectivity index (χ2v) is 8.20. The maximum atomic E-state index is 12.5. The molecule has 0 aliphatic carbocycles. The van der Waals surface area contributed by atoms with Crippen molar-refractivity contribution in [3.8, 4) is 5.75 Å². The van der Waals surface area contributed by atoms with E-state index >= 15 is 0 Å². The molecule has 146 valence electrons. The highest BCUT2D eigenvalue weighted by molar-refractivity contribution is 7.89. The molecular weight excluding hydrogens is 366 g/mol. The van der Waals surface area contributed by atoms with Crippen molar-refractivity contribution in [1.29, 1.82) is 0 Å². The first-order chi connectivity index (χ1) is 12.8. The topological polar surface area (TPSA) is 81.7 Å². The van der Waals surface area contributed by atoms with E-state index in [0.29, 0.717) is 5.75 Å². The van der Waals surface area contributed by atoms with Crippen LogP contribution in [0.5, 0.6) is 5.75 Å². The van der Waals surface area contributed by atoms with Crippen LogP contribution < -0.4 is 9.46 Å². The minimum absolute atomic E-state index is 0.0307. The predicted octanol–water partition coefficient (Wildman–Crippen LogP) is 2.92. The molecule has 0 saturated heterocycles. The number of carbonyl (C=O) groups is 1. The third kappa shape index (κ3) is 6.37. The molecule has 0 saturated carbocycles. The van der Waals surface area contributed by atoms with Gasteiger partial charge in [0.2, 0.25) is 10.0 Å². The molecule has 0 amide bonds. The second kappa shape index (κ2) is 9.53. The smallest absolute Gasteiger partial charge is 0.324 e. The fourth-order valence-corrected chi connectivity index (χ4v) is 3.67. The van der Waals surface area contributed by atoms with E-state index in [0.717, 1.165) is 5.56 Å². The summed E-state index contributed by atoms with van der Waals surface area (Å²) in [5.41, 5.74) is 1.12. The van der Waals surface area contributed by atoms with Crippen LogP contribution in [0.2, 0.25) is 0 Å². The van der Waals surface area contributed by atoms with Crippen molar-refractivity contribution in [2.45, 2.75) is 31.7 Å². The van der Waals surface area contributed by atoms with Gasteiger partial charge in [-0.05, 0) is 37.1 Å². The number of esters is 1. The fraction of sp³-hybridized carbons (Fsp3) is 0.350. The van der Waals surface area contributed by atoms with Gasteiger partial charge in [-0.3, -0.25) is 4.79 Å². The standard InChI is InChI=1S/C20H25NO5S/c1-15(2)19(21-27(23,24)18-7-5-4-6-8-18)20(22)26-14-13-25-17-11-9-16(3)10-12-17/h4-12,15,19,21H,13-14H2,1-3H3/t19-/m0/s1. The highest BCUT2D eigenvalue weighted by Crippen LogP contribution is 2.13. The third-order valence-electron chi connectivity index (χ3n) is 3.87. The number of carbonyl (C=O) groups excluding carboxylic acids is 1. The molecule has 0 heterocycles. The van der Waals surface area contributed by atoms with Gasteiger partial charge in [0.05, 0.1) is 4.90 Å². The van der Waals surface area contributed by atoms with Crippen LogP contribution in [-0.4, -0.2) is 33.6 Å². The molecule has 1 N–H and O–H groups in total. The van der Waals surface area contributed by atoms with E-state index in [9.17, 15) is 13.2 Å². The number of nitrogens with one attached hydrogen (secondary N) is 1. The molecule has 6 nitrogen and oxygen atoms in total. The van der Waals surface area contributed by atoms with Gasteiger partial charge in [-0.25, -0.2) is 8.42 Å². The van der Waals surface area contributed by atoms with Crippen LogP contribution in [0.25, 0.3) is 0 Å². The Kier molecular flexibility index (Phi) is 7.38. The van der Waals surface area contributed by atoms with Crippen LogP contribution in [-0.2, 0) is 19.6 Å². The Labute approximate surface area is 160 Å². The highest BCUT2D eigenvalue weighted by atomic mass is 32.2. The summed E-state index contributed by atoms with van der Waals surface area (Å²) in [6.45, 7) is 5.70. The number of rotatable bonds is 9. The molecule has 0 radical (unpaired) electrons. The van der Waals surface area contributed by atoms with Gasteiger partial charge in [-0.15, -0.1) is 0 Å². The Morgan fingerprint density at radius 2 is 1.63 bits per heavy atom. The number of hydrogen-bond acceptors (Lipinski definition) is 5. The van der Waals surface area contributed by atoms with Crippen molar-refractivity contribution in [3.05, 3.63) is 60.2 Å². The Hall–Kier alpha value is -2.38. The highest BCUT2D eigenvalue weighted by Gasteiger charge is 2.29. The van der Waals surface area contributed by atoms with E-state index in [4.69, 9.17) is 9.47 Å². The summed E-state index contributed by atoms with van der Waals surface area (Å²) >= 11 is 0. The summed E-state index contributed by atoms with van der Waals surface area (Å²) in [7, 11) is -3.81. The van der Waals surface area contributed by atoms with Crippen molar-refractivity contribution in [1.82, 2.24) is 4.72 Å². The lowest BCUT2D eigenvalue weighted by atomic mass is 10.1. The third-order valence-corrected chi connectivity index (χ3v) is 5.33. The SMILES string of the molecule is Cc1ccc(OCCOC(=O)[C@@H](NS(=O)(=O)c2ccccc2)C(C)C)cc1. The summed E-state index contributed by atoms with van der Waals surface area (Å²) in [6.07, 6.45) is 0. The van der Waals surface area contributed by atoms with Crippen molar-refractivity contribution in [2.24, 2.45) is 5.92 Å². The molecule has 0 aliphatic heterocycles. The molecule has 1 atom stereocenters. The van der Waals surface area contributed by atoms with E-state index in [2.05, 4.69) is 4.72 Å². The molecule has 0 aliphatic rings. The zero-order valence-corrected chi connectivity index (χ0v) is 16.5. The first-order valence-electron chi connectivity index (χ1n) is 8.73. The van der Waals surface area contributed by atoms with Gasteiger partial charge in [0.25, 0.3) is 0 Å². The quantitative estimate of drug-likeness (QED) is 0.525. The monoisotopic (exact) mass is 391 g/mol. The molecule has 2 rings (SSSR count). The van der Waals surface area contributed by atoms with Gasteiger partial charge in [-0.1, -0.05) is 49.7 Å². The maximum absolute atomic E-state index is 12.5. The fourth-order valence-electron chi connectivity index (χ4n) is 2.32. The lowest BCUT2D eigenvalue weighted by Crippen LogP contribution is -2.45. The number of aryl methyl sites for hydroxylation is 1. The molecular formula is C20H25NO5S. The molecule has 0 fully saturated rings. The number of sulfonamides is 1. The number of benzene rings is 2. The van der Waals surface area contributed by atoms with Gasteiger partial charge in [0, 0.05) is 0 Å². The van der Waals surface area contributed by atoms with Gasteiger partial charge >= 0.3 is 5.97 Å². The molecule has 27 heavy (non-hydrogen) atoms. The molecule has 0 aromatic heterocycles. The Morgan fingerprint density at radius 3 is 2.22 bits per heavy atom. The zero-order chi connectivity index (χ0) is 19.9. The predicted molar refractivity (Wildman–Crippen MR) is 103 cm³/mol. The molecule has 2 aromatic carbocycles. The lowest BCUT2D eigenvalue weighted by molar-refractivity contribution is -0.147. The van der Waals surface area contributed by atoms with Crippen LogP contribution in [0.3, 0.4) is 0 Å². The van der Waals surface area contributed by atoms with Crippen molar-refractivity contribution < 1.29 is 22.7 Å². The summed E-state index contributed by atoms with van der Waals surface area (Å²) in [5, 5.41) is 0. The Bertz CT molecular complexity index is 832. The van der Waals surface area contributed by atoms with Crippen LogP contribution in [0, 0.1) is 12.8 Å². The van der Waals surface area contributed by atoms with Crippen LogP contribution in [0.15, 0.2) is 59.5 Å². The van der Waals surface area contributed by atoms with Gasteiger partial charge in [0.1, 0.15) is 25.0 Å². The number of hydrogen-bond donors (Lipinski definition) is 1.